The molecule has 1 aliphatic rings. The van der Waals surface area contributed by atoms with E-state index in [1.807, 2.05) is 11.9 Å². The summed E-state index contributed by atoms with van der Waals surface area (Å²) >= 11 is 1.69. The molecule has 1 fully saturated rings. The Bertz CT molecular complexity index is 364. The summed E-state index contributed by atoms with van der Waals surface area (Å²) in [5, 5.41) is 7.32. The van der Waals surface area contributed by atoms with Crippen LogP contribution >= 0.6 is 11.3 Å². The fraction of sp³-hybridized carbons (Fsp3) is 0.615. The summed E-state index contributed by atoms with van der Waals surface area (Å²) in [6, 6.07) is 2.10. The van der Waals surface area contributed by atoms with Gasteiger partial charge in [0.05, 0.1) is 6.04 Å². The summed E-state index contributed by atoms with van der Waals surface area (Å²) in [5.41, 5.74) is 1.24. The molecular formula is C13H20N2OS. The van der Waals surface area contributed by atoms with E-state index >= 15 is 0 Å². The Balaban J connectivity index is 2.09. The van der Waals surface area contributed by atoms with Crippen molar-refractivity contribution in [2.75, 3.05) is 13.6 Å². The van der Waals surface area contributed by atoms with Gasteiger partial charge in [0.1, 0.15) is 0 Å². The second-order valence-electron chi connectivity index (χ2n) is 4.87. The Hall–Kier alpha value is -0.870. The number of rotatable bonds is 3. The second-order valence-corrected chi connectivity index (χ2v) is 5.65. The average molecular weight is 252 g/mol. The number of carbonyl (C=O) groups excluding carboxylic acids is 1. The van der Waals surface area contributed by atoms with Gasteiger partial charge in [-0.05, 0) is 48.2 Å². The number of carbonyl (C=O) groups is 1. The molecular weight excluding hydrogens is 232 g/mol. The molecule has 1 aliphatic heterocycles. The van der Waals surface area contributed by atoms with Crippen LogP contribution in [0.5, 0.6) is 0 Å². The summed E-state index contributed by atoms with van der Waals surface area (Å²) in [6.07, 6.45) is 2.08. The molecule has 1 amide bonds. The van der Waals surface area contributed by atoms with E-state index in [9.17, 15) is 4.79 Å². The van der Waals surface area contributed by atoms with Crippen molar-refractivity contribution in [2.24, 2.45) is 5.92 Å². The summed E-state index contributed by atoms with van der Waals surface area (Å²) in [5.74, 6) is 0.846. The summed E-state index contributed by atoms with van der Waals surface area (Å²) in [6.45, 7) is 3.86. The Morgan fingerprint density at radius 1 is 1.53 bits per heavy atom. The van der Waals surface area contributed by atoms with E-state index in [0.29, 0.717) is 5.92 Å². The highest BCUT2D eigenvalue weighted by molar-refractivity contribution is 7.07. The van der Waals surface area contributed by atoms with Crippen LogP contribution in [0.4, 0.5) is 0 Å². The zero-order valence-corrected chi connectivity index (χ0v) is 11.3. The van der Waals surface area contributed by atoms with E-state index in [2.05, 4.69) is 29.1 Å². The van der Waals surface area contributed by atoms with Gasteiger partial charge in [0.15, 0.2) is 0 Å². The molecule has 2 unspecified atom stereocenters. The molecule has 0 spiro atoms. The van der Waals surface area contributed by atoms with Crippen LogP contribution in [-0.4, -0.2) is 30.4 Å². The molecule has 0 aromatic carbocycles. The lowest BCUT2D eigenvalue weighted by Crippen LogP contribution is -2.43. The van der Waals surface area contributed by atoms with E-state index < -0.39 is 0 Å². The lowest BCUT2D eigenvalue weighted by molar-refractivity contribution is -0.133. The summed E-state index contributed by atoms with van der Waals surface area (Å²) < 4.78 is 0. The van der Waals surface area contributed by atoms with Gasteiger partial charge in [0.25, 0.3) is 0 Å². The normalized spacial score (nSPS) is 26.0. The number of hydrogen-bond acceptors (Lipinski definition) is 3. The van der Waals surface area contributed by atoms with Crippen molar-refractivity contribution in [3.63, 3.8) is 0 Å². The number of likely N-dealkylation sites (tertiary alicyclic amines) is 1. The molecule has 1 saturated heterocycles. The summed E-state index contributed by atoms with van der Waals surface area (Å²) in [4.78, 5) is 14.3. The Labute approximate surface area is 107 Å². The van der Waals surface area contributed by atoms with Crippen LogP contribution < -0.4 is 5.32 Å². The van der Waals surface area contributed by atoms with Crippen LogP contribution in [0.3, 0.4) is 0 Å². The summed E-state index contributed by atoms with van der Waals surface area (Å²) in [7, 11) is 1.88. The maximum Gasteiger partial charge on any atom is 0.240 e. The number of hydrogen-bond donors (Lipinski definition) is 1. The van der Waals surface area contributed by atoms with Crippen molar-refractivity contribution in [3.05, 3.63) is 22.4 Å². The van der Waals surface area contributed by atoms with Crippen LogP contribution in [0, 0.1) is 5.92 Å². The first-order chi connectivity index (χ1) is 8.20. The minimum atomic E-state index is -0.00131. The van der Waals surface area contributed by atoms with Crippen molar-refractivity contribution in [1.82, 2.24) is 10.2 Å². The van der Waals surface area contributed by atoms with Gasteiger partial charge in [-0.3, -0.25) is 4.79 Å². The monoisotopic (exact) mass is 252 g/mol. The lowest BCUT2D eigenvalue weighted by Gasteiger charge is -2.25. The van der Waals surface area contributed by atoms with Crippen LogP contribution in [-0.2, 0) is 11.3 Å². The van der Waals surface area contributed by atoms with Crippen LogP contribution in [0.1, 0.15) is 25.3 Å². The predicted octanol–water partition coefficient (Wildman–Crippen LogP) is 2.09. The molecule has 1 aromatic heterocycles. The van der Waals surface area contributed by atoms with Crippen LogP contribution in [0.25, 0.3) is 0 Å². The molecule has 94 valence electrons. The zero-order valence-electron chi connectivity index (χ0n) is 10.5. The molecule has 3 nitrogen and oxygen atoms in total. The first-order valence-electron chi connectivity index (χ1n) is 6.18. The van der Waals surface area contributed by atoms with Gasteiger partial charge < -0.3 is 10.2 Å². The smallest absolute Gasteiger partial charge is 0.240 e. The van der Waals surface area contributed by atoms with E-state index in [-0.39, 0.29) is 11.9 Å². The molecule has 4 heteroatoms. The topological polar surface area (TPSA) is 32.3 Å². The third kappa shape index (κ3) is 3.07. The van der Waals surface area contributed by atoms with Gasteiger partial charge in [0.2, 0.25) is 5.91 Å². The molecule has 2 atom stereocenters. The number of nitrogens with zero attached hydrogens (tertiary/aromatic N) is 1. The van der Waals surface area contributed by atoms with Gasteiger partial charge in [-0.15, -0.1) is 0 Å². The number of likely N-dealkylation sites (N-methyl/N-ethyl adjacent to an activating group) is 1. The molecule has 2 heterocycles. The van der Waals surface area contributed by atoms with Crippen LogP contribution in [0.2, 0.25) is 0 Å². The minimum absolute atomic E-state index is 0.00131. The number of thiophene rings is 1. The van der Waals surface area contributed by atoms with Crippen molar-refractivity contribution in [2.45, 2.75) is 32.4 Å². The van der Waals surface area contributed by atoms with Gasteiger partial charge in [0, 0.05) is 13.1 Å². The molecule has 1 N–H and O–H groups in total. The van der Waals surface area contributed by atoms with Crippen LogP contribution in [0.15, 0.2) is 16.8 Å². The highest BCUT2D eigenvalue weighted by Gasteiger charge is 2.28. The number of amides is 1. The number of nitrogens with one attached hydrogen (secondary N) is 1. The fourth-order valence-electron chi connectivity index (χ4n) is 2.37. The SMILES string of the molecule is CNC1CCC(C)CN(Cc2ccsc2)C1=O. The molecule has 0 aliphatic carbocycles. The third-order valence-electron chi connectivity index (χ3n) is 3.39. The quantitative estimate of drug-likeness (QED) is 0.893. The van der Waals surface area contributed by atoms with E-state index in [1.165, 1.54) is 5.56 Å². The highest BCUT2D eigenvalue weighted by Crippen LogP contribution is 2.20. The Kier molecular flexibility index (Phi) is 4.18. The van der Waals surface area contributed by atoms with Gasteiger partial charge in [-0.25, -0.2) is 0 Å². The molecule has 0 radical (unpaired) electrons. The minimum Gasteiger partial charge on any atom is -0.337 e. The van der Waals surface area contributed by atoms with Crippen molar-refractivity contribution >= 4 is 17.2 Å². The van der Waals surface area contributed by atoms with E-state index in [1.54, 1.807) is 11.3 Å². The second kappa shape index (κ2) is 5.65. The standard InChI is InChI=1S/C13H20N2OS/c1-10-3-4-12(14-2)13(16)15(7-10)8-11-5-6-17-9-11/h5-6,9-10,12,14H,3-4,7-8H2,1-2H3. The molecule has 17 heavy (non-hydrogen) atoms. The van der Waals surface area contributed by atoms with Crippen molar-refractivity contribution in [1.29, 1.82) is 0 Å². The Morgan fingerprint density at radius 3 is 3.00 bits per heavy atom. The van der Waals surface area contributed by atoms with E-state index in [0.717, 1.165) is 25.9 Å². The van der Waals surface area contributed by atoms with Crippen molar-refractivity contribution < 1.29 is 4.79 Å². The average Bonchev–Trinajstić information content (AvgIpc) is 2.77. The Morgan fingerprint density at radius 2 is 2.35 bits per heavy atom. The van der Waals surface area contributed by atoms with Gasteiger partial charge >= 0.3 is 0 Å². The molecule has 0 bridgehead atoms. The van der Waals surface area contributed by atoms with Crippen molar-refractivity contribution in [3.8, 4) is 0 Å². The molecule has 1 aromatic rings. The largest absolute Gasteiger partial charge is 0.337 e. The third-order valence-corrected chi connectivity index (χ3v) is 4.12. The molecule has 0 saturated carbocycles. The first-order valence-corrected chi connectivity index (χ1v) is 7.12. The van der Waals surface area contributed by atoms with E-state index in [4.69, 9.17) is 0 Å². The zero-order chi connectivity index (χ0) is 12.3. The predicted molar refractivity (Wildman–Crippen MR) is 71.0 cm³/mol. The fourth-order valence-corrected chi connectivity index (χ4v) is 3.03. The van der Waals surface area contributed by atoms with Gasteiger partial charge in [-0.2, -0.15) is 11.3 Å². The maximum atomic E-state index is 12.3. The van der Waals surface area contributed by atoms with Gasteiger partial charge in [-0.1, -0.05) is 6.92 Å². The first kappa shape index (κ1) is 12.6. The molecule has 2 rings (SSSR count). The maximum absolute atomic E-state index is 12.3. The lowest BCUT2D eigenvalue weighted by atomic mass is 10.0. The highest BCUT2D eigenvalue weighted by atomic mass is 32.1.